The Bertz CT molecular complexity index is 1540. The van der Waals surface area contributed by atoms with Gasteiger partial charge < -0.3 is 14.6 Å². The van der Waals surface area contributed by atoms with E-state index in [-0.39, 0.29) is 11.7 Å². The first-order valence-corrected chi connectivity index (χ1v) is 13.3. The van der Waals surface area contributed by atoms with Gasteiger partial charge in [-0.15, -0.1) is 11.3 Å². The van der Waals surface area contributed by atoms with Gasteiger partial charge in [0.2, 0.25) is 5.78 Å². The van der Waals surface area contributed by atoms with Crippen LogP contribution < -0.4 is 14.4 Å². The van der Waals surface area contributed by atoms with Crippen LogP contribution in [0, 0.1) is 6.92 Å². The number of methoxy groups -OCH3 is 1. The van der Waals surface area contributed by atoms with Crippen molar-refractivity contribution in [1.82, 2.24) is 4.98 Å². The van der Waals surface area contributed by atoms with Crippen LogP contribution in [0.3, 0.4) is 0 Å². The van der Waals surface area contributed by atoms with Crippen molar-refractivity contribution in [1.29, 1.82) is 0 Å². The molecule has 5 rings (SSSR count). The van der Waals surface area contributed by atoms with Crippen LogP contribution >= 0.6 is 11.3 Å². The second-order valence-electron chi connectivity index (χ2n) is 9.40. The van der Waals surface area contributed by atoms with Crippen LogP contribution in [-0.2, 0) is 4.79 Å². The Kier molecular flexibility index (Phi) is 7.21. The summed E-state index contributed by atoms with van der Waals surface area (Å²) in [5, 5.41) is 11.8. The number of hydrogen-bond donors (Lipinski definition) is 1. The summed E-state index contributed by atoms with van der Waals surface area (Å²) in [6.07, 6.45) is -0.00493. The smallest absolute Gasteiger partial charge is 0.294 e. The van der Waals surface area contributed by atoms with E-state index in [4.69, 9.17) is 9.47 Å². The maximum Gasteiger partial charge on any atom is 0.294 e. The first-order chi connectivity index (χ1) is 18.8. The molecular weight excluding hydrogens is 512 g/mol. The van der Waals surface area contributed by atoms with E-state index in [9.17, 15) is 14.7 Å². The number of amides is 1. The molecule has 0 aliphatic carbocycles. The van der Waals surface area contributed by atoms with Crippen LogP contribution in [0.4, 0.5) is 5.69 Å². The summed E-state index contributed by atoms with van der Waals surface area (Å²) >= 11 is 1.25. The van der Waals surface area contributed by atoms with Crippen molar-refractivity contribution in [2.75, 3.05) is 12.0 Å². The fourth-order valence-electron chi connectivity index (χ4n) is 4.60. The zero-order valence-corrected chi connectivity index (χ0v) is 22.9. The highest BCUT2D eigenvalue weighted by Gasteiger charge is 2.45. The van der Waals surface area contributed by atoms with Gasteiger partial charge in [-0.05, 0) is 62.7 Å². The van der Waals surface area contributed by atoms with Crippen LogP contribution in [0.1, 0.15) is 40.8 Å². The van der Waals surface area contributed by atoms with Crippen LogP contribution in [0.25, 0.3) is 10.6 Å². The number of rotatable bonds is 8. The predicted molar refractivity (Wildman–Crippen MR) is 152 cm³/mol. The third-order valence-corrected chi connectivity index (χ3v) is 7.60. The van der Waals surface area contributed by atoms with Gasteiger partial charge in [-0.2, -0.15) is 0 Å². The lowest BCUT2D eigenvalue weighted by Gasteiger charge is -2.27. The molecule has 1 aliphatic rings. The number of thiazole rings is 1. The molecule has 0 saturated carbocycles. The SMILES string of the molecule is COc1ccc(C2C(C(=O)c3sc(-c4ccccc4)nc3C)=C(O)C(=O)N2c2ccc(OC(C)C)cc2)cc1. The number of aryl methyl sites for hydroxylation is 1. The number of hydrogen-bond acceptors (Lipinski definition) is 7. The molecule has 2 heterocycles. The highest BCUT2D eigenvalue weighted by atomic mass is 32.1. The summed E-state index contributed by atoms with van der Waals surface area (Å²) < 4.78 is 11.1. The highest BCUT2D eigenvalue weighted by molar-refractivity contribution is 7.17. The fraction of sp³-hybridized carbons (Fsp3) is 0.194. The molecule has 8 heteroatoms. The van der Waals surface area contributed by atoms with E-state index in [0.29, 0.717) is 38.3 Å². The van der Waals surface area contributed by atoms with Crippen molar-refractivity contribution in [2.24, 2.45) is 0 Å². The molecule has 1 unspecified atom stereocenters. The van der Waals surface area contributed by atoms with Crippen molar-refractivity contribution >= 4 is 28.7 Å². The standard InChI is InChI=1S/C31H28N2O5S/c1-18(2)38-24-16-12-22(13-17-24)33-26(20-10-14-23(37-4)15-11-20)25(28(35)31(33)36)27(34)29-19(3)32-30(39-29)21-8-6-5-7-9-21/h5-18,26,35H,1-4H3. The van der Waals surface area contributed by atoms with Crippen LogP contribution in [0.5, 0.6) is 11.5 Å². The Morgan fingerprint density at radius 2 is 1.62 bits per heavy atom. The van der Waals surface area contributed by atoms with Crippen molar-refractivity contribution in [3.8, 4) is 22.1 Å². The van der Waals surface area contributed by atoms with Gasteiger partial charge in [0, 0.05) is 11.3 Å². The number of nitrogens with zero attached hydrogens (tertiary/aromatic N) is 2. The molecule has 0 radical (unpaired) electrons. The lowest BCUT2D eigenvalue weighted by atomic mass is 9.94. The third kappa shape index (κ3) is 5.03. The number of aliphatic hydroxyl groups is 1. The second-order valence-corrected chi connectivity index (χ2v) is 10.4. The average molecular weight is 541 g/mol. The quantitative estimate of drug-likeness (QED) is 0.250. The third-order valence-electron chi connectivity index (χ3n) is 6.39. The number of benzene rings is 3. The van der Waals surface area contributed by atoms with E-state index >= 15 is 0 Å². The first kappa shape index (κ1) is 26.2. The van der Waals surface area contributed by atoms with Crippen molar-refractivity contribution < 1.29 is 24.2 Å². The Balaban J connectivity index is 1.59. The number of aromatic nitrogens is 1. The molecule has 198 valence electrons. The van der Waals surface area contributed by atoms with Crippen molar-refractivity contribution in [2.45, 2.75) is 32.9 Å². The molecule has 1 atom stereocenters. The molecular formula is C31H28N2O5S. The summed E-state index contributed by atoms with van der Waals surface area (Å²) in [5.41, 5.74) is 2.63. The van der Waals surface area contributed by atoms with Crippen molar-refractivity contribution in [3.05, 3.63) is 106 Å². The highest BCUT2D eigenvalue weighted by Crippen LogP contribution is 2.44. The Morgan fingerprint density at radius 1 is 0.974 bits per heavy atom. The Morgan fingerprint density at radius 3 is 2.23 bits per heavy atom. The van der Waals surface area contributed by atoms with Crippen molar-refractivity contribution in [3.63, 3.8) is 0 Å². The number of carbonyl (C=O) groups excluding carboxylic acids is 2. The molecule has 0 spiro atoms. The molecule has 3 aromatic carbocycles. The van der Waals surface area contributed by atoms with Gasteiger partial charge in [0.25, 0.3) is 5.91 Å². The lowest BCUT2D eigenvalue weighted by Crippen LogP contribution is -2.31. The van der Waals surface area contributed by atoms with Gasteiger partial charge in [0.05, 0.1) is 35.4 Å². The van der Waals surface area contributed by atoms with E-state index in [1.807, 2.05) is 44.2 Å². The molecule has 7 nitrogen and oxygen atoms in total. The van der Waals surface area contributed by atoms with Crippen LogP contribution in [0.2, 0.25) is 0 Å². The minimum atomic E-state index is -0.852. The molecule has 1 aromatic heterocycles. The van der Waals surface area contributed by atoms with E-state index in [2.05, 4.69) is 4.98 Å². The topological polar surface area (TPSA) is 89.0 Å². The largest absolute Gasteiger partial charge is 0.503 e. The summed E-state index contributed by atoms with van der Waals surface area (Å²) in [4.78, 5) is 34.0. The summed E-state index contributed by atoms with van der Waals surface area (Å²) in [6, 6.07) is 22.9. The first-order valence-electron chi connectivity index (χ1n) is 12.5. The summed E-state index contributed by atoms with van der Waals surface area (Å²) in [5.74, 6) is -0.360. The molecule has 0 saturated heterocycles. The number of anilines is 1. The monoisotopic (exact) mass is 540 g/mol. The van der Waals surface area contributed by atoms with Crippen LogP contribution in [-0.4, -0.2) is 35.0 Å². The zero-order chi connectivity index (χ0) is 27.7. The van der Waals surface area contributed by atoms with Gasteiger partial charge in [0.15, 0.2) is 5.76 Å². The second kappa shape index (κ2) is 10.7. The molecule has 39 heavy (non-hydrogen) atoms. The fourth-order valence-corrected chi connectivity index (χ4v) is 5.62. The number of aliphatic hydroxyl groups excluding tert-OH is 1. The number of ether oxygens (including phenoxy) is 2. The predicted octanol–water partition coefficient (Wildman–Crippen LogP) is 6.70. The molecule has 1 N–H and O–H groups in total. The molecule has 1 aliphatic heterocycles. The lowest BCUT2D eigenvalue weighted by molar-refractivity contribution is -0.117. The Hall–Kier alpha value is -4.43. The molecule has 0 bridgehead atoms. The van der Waals surface area contributed by atoms with Gasteiger partial charge >= 0.3 is 0 Å². The van der Waals surface area contributed by atoms with Gasteiger partial charge in [-0.1, -0.05) is 42.5 Å². The normalized spacial score (nSPS) is 15.3. The van der Waals surface area contributed by atoms with Gasteiger partial charge in [-0.25, -0.2) is 4.98 Å². The average Bonchev–Trinajstić information content (AvgIpc) is 3.46. The van der Waals surface area contributed by atoms with E-state index in [1.165, 1.54) is 16.2 Å². The van der Waals surface area contributed by atoms with Gasteiger partial charge in [-0.3, -0.25) is 14.5 Å². The minimum absolute atomic E-state index is 0.00493. The van der Waals surface area contributed by atoms with Gasteiger partial charge in [0.1, 0.15) is 16.5 Å². The van der Waals surface area contributed by atoms with E-state index < -0.39 is 23.5 Å². The number of Topliss-reactive ketones (excluding diaryl/α,β-unsaturated/α-hetero) is 1. The number of ketones is 1. The van der Waals surface area contributed by atoms with E-state index in [1.54, 1.807) is 62.6 Å². The Labute approximate surface area is 231 Å². The molecule has 4 aromatic rings. The molecule has 1 amide bonds. The summed E-state index contributed by atoms with van der Waals surface area (Å²) in [7, 11) is 1.57. The maximum atomic E-state index is 14.1. The minimum Gasteiger partial charge on any atom is -0.503 e. The number of carbonyl (C=O) groups is 2. The zero-order valence-electron chi connectivity index (χ0n) is 22.0. The summed E-state index contributed by atoms with van der Waals surface area (Å²) in [6.45, 7) is 5.63. The molecule has 0 fully saturated rings. The van der Waals surface area contributed by atoms with Crippen LogP contribution in [0.15, 0.2) is 90.2 Å². The van der Waals surface area contributed by atoms with E-state index in [0.717, 1.165) is 5.56 Å². The maximum absolute atomic E-state index is 14.1.